The number of ether oxygens (including phenoxy) is 1. The van der Waals surface area contributed by atoms with Crippen LogP contribution in [0.25, 0.3) is 0 Å². The van der Waals surface area contributed by atoms with Crippen molar-refractivity contribution in [3.63, 3.8) is 0 Å². The molecule has 7 nitrogen and oxygen atoms in total. The van der Waals surface area contributed by atoms with E-state index in [-0.39, 0.29) is 0 Å². The molecule has 2 aromatic rings. The molecule has 1 aliphatic rings. The first-order valence-electron chi connectivity index (χ1n) is 10.7. The van der Waals surface area contributed by atoms with Gasteiger partial charge in [-0.3, -0.25) is 4.99 Å². The van der Waals surface area contributed by atoms with Crippen LogP contribution < -0.4 is 19.9 Å². The SMILES string of the molecule is CCN(CC)c1ccc(CNC(=NC)N2CCN(c3cccc(OC)c3)CC2)cn1. The van der Waals surface area contributed by atoms with Crippen LogP contribution in [0.1, 0.15) is 19.4 Å². The highest BCUT2D eigenvalue weighted by atomic mass is 16.5. The molecular weight excluding hydrogens is 376 g/mol. The molecule has 3 rings (SSSR count). The van der Waals surface area contributed by atoms with Crippen molar-refractivity contribution in [2.24, 2.45) is 4.99 Å². The van der Waals surface area contributed by atoms with Gasteiger partial charge in [0.15, 0.2) is 5.96 Å². The van der Waals surface area contributed by atoms with Crippen molar-refractivity contribution in [2.75, 3.05) is 63.2 Å². The largest absolute Gasteiger partial charge is 0.497 e. The molecular formula is C23H34N6O. The van der Waals surface area contributed by atoms with Crippen molar-refractivity contribution in [2.45, 2.75) is 20.4 Å². The van der Waals surface area contributed by atoms with Gasteiger partial charge in [-0.2, -0.15) is 0 Å². The number of hydrogen-bond acceptors (Lipinski definition) is 5. The Morgan fingerprint density at radius 3 is 2.50 bits per heavy atom. The highest BCUT2D eigenvalue weighted by Crippen LogP contribution is 2.22. The summed E-state index contributed by atoms with van der Waals surface area (Å²) in [7, 11) is 3.55. The van der Waals surface area contributed by atoms with E-state index >= 15 is 0 Å². The van der Waals surface area contributed by atoms with Crippen molar-refractivity contribution in [3.05, 3.63) is 48.2 Å². The Kier molecular flexibility index (Phi) is 7.76. The van der Waals surface area contributed by atoms with E-state index in [0.29, 0.717) is 6.54 Å². The molecule has 0 bridgehead atoms. The van der Waals surface area contributed by atoms with Crippen LogP contribution in [0.5, 0.6) is 5.75 Å². The van der Waals surface area contributed by atoms with Crippen molar-refractivity contribution in [1.82, 2.24) is 15.2 Å². The minimum atomic E-state index is 0.717. The number of benzene rings is 1. The molecule has 30 heavy (non-hydrogen) atoms. The summed E-state index contributed by atoms with van der Waals surface area (Å²) >= 11 is 0. The number of anilines is 2. The third-order valence-corrected chi connectivity index (χ3v) is 5.56. The number of nitrogens with one attached hydrogen (secondary N) is 1. The summed E-state index contributed by atoms with van der Waals surface area (Å²) in [6, 6.07) is 12.5. The maximum absolute atomic E-state index is 5.36. The summed E-state index contributed by atoms with van der Waals surface area (Å²) < 4.78 is 5.36. The van der Waals surface area contributed by atoms with Gasteiger partial charge in [0.1, 0.15) is 11.6 Å². The molecule has 0 unspecified atom stereocenters. The standard InChI is InChI=1S/C23H34N6O/c1-5-27(6-2)22-11-10-19(17-25-22)18-26-23(24-3)29-14-12-28(13-15-29)20-8-7-9-21(16-20)30-4/h7-11,16-17H,5-6,12-15,18H2,1-4H3,(H,24,26). The molecule has 0 amide bonds. The zero-order chi connectivity index (χ0) is 21.3. The molecule has 1 aliphatic heterocycles. The van der Waals surface area contributed by atoms with Gasteiger partial charge in [0.05, 0.1) is 7.11 Å². The van der Waals surface area contributed by atoms with Gasteiger partial charge >= 0.3 is 0 Å². The van der Waals surface area contributed by atoms with Crippen molar-refractivity contribution in [3.8, 4) is 5.75 Å². The third-order valence-electron chi connectivity index (χ3n) is 5.56. The Labute approximate surface area is 180 Å². The highest BCUT2D eigenvalue weighted by Gasteiger charge is 2.20. The predicted molar refractivity (Wildman–Crippen MR) is 125 cm³/mol. The third kappa shape index (κ3) is 5.34. The van der Waals surface area contributed by atoms with Gasteiger partial charge < -0.3 is 24.8 Å². The quantitative estimate of drug-likeness (QED) is 0.560. The van der Waals surface area contributed by atoms with Crippen LogP contribution in [0.4, 0.5) is 11.5 Å². The number of nitrogens with zero attached hydrogens (tertiary/aromatic N) is 5. The molecule has 1 fully saturated rings. The number of aliphatic imine (C=N–C) groups is 1. The lowest BCUT2D eigenvalue weighted by molar-refractivity contribution is 0.372. The second-order valence-corrected chi connectivity index (χ2v) is 7.27. The second kappa shape index (κ2) is 10.7. The van der Waals surface area contributed by atoms with Crippen LogP contribution in [0, 0.1) is 0 Å². The van der Waals surface area contributed by atoms with Gasteiger partial charge in [-0.25, -0.2) is 4.98 Å². The first kappa shape index (κ1) is 21.7. The van der Waals surface area contributed by atoms with E-state index in [4.69, 9.17) is 4.74 Å². The Hall–Kier alpha value is -2.96. The van der Waals surface area contributed by atoms with Crippen molar-refractivity contribution >= 4 is 17.5 Å². The number of pyridine rings is 1. The monoisotopic (exact) mass is 410 g/mol. The Bertz CT molecular complexity index is 811. The first-order chi connectivity index (χ1) is 14.7. The maximum Gasteiger partial charge on any atom is 0.194 e. The van der Waals surface area contributed by atoms with Crippen LogP contribution in [0.3, 0.4) is 0 Å². The van der Waals surface area contributed by atoms with E-state index < -0.39 is 0 Å². The average molecular weight is 411 g/mol. The van der Waals surface area contributed by atoms with E-state index in [1.54, 1.807) is 7.11 Å². The summed E-state index contributed by atoms with van der Waals surface area (Å²) in [5.41, 5.74) is 2.36. The molecule has 0 aliphatic carbocycles. The van der Waals surface area contributed by atoms with Crippen molar-refractivity contribution in [1.29, 1.82) is 0 Å². The summed E-state index contributed by atoms with van der Waals surface area (Å²) in [5, 5.41) is 3.49. The molecule has 0 spiro atoms. The number of hydrogen-bond donors (Lipinski definition) is 1. The van der Waals surface area contributed by atoms with Gasteiger partial charge in [0.2, 0.25) is 0 Å². The van der Waals surface area contributed by atoms with Crippen LogP contribution in [-0.2, 0) is 6.54 Å². The topological polar surface area (TPSA) is 56.2 Å². The van der Waals surface area contributed by atoms with Crippen LogP contribution in [0.2, 0.25) is 0 Å². The molecule has 0 saturated carbocycles. The first-order valence-corrected chi connectivity index (χ1v) is 10.7. The summed E-state index contributed by atoms with van der Waals surface area (Å²) in [5.74, 6) is 2.86. The molecule has 0 atom stereocenters. The maximum atomic E-state index is 5.36. The summed E-state index contributed by atoms with van der Waals surface area (Å²) in [6.07, 6.45) is 1.95. The lowest BCUT2D eigenvalue weighted by Gasteiger charge is -2.37. The van der Waals surface area contributed by atoms with Crippen LogP contribution in [0.15, 0.2) is 47.6 Å². The van der Waals surface area contributed by atoms with Crippen molar-refractivity contribution < 1.29 is 4.74 Å². The molecule has 7 heteroatoms. The van der Waals surface area contributed by atoms with E-state index in [1.165, 1.54) is 5.69 Å². The molecule has 2 heterocycles. The van der Waals surface area contributed by atoms with E-state index in [2.05, 4.69) is 68.1 Å². The lowest BCUT2D eigenvalue weighted by atomic mass is 10.2. The molecule has 1 aromatic heterocycles. The van der Waals surface area contributed by atoms with Gasteiger partial charge in [0, 0.05) is 70.8 Å². The van der Waals surface area contributed by atoms with Gasteiger partial charge in [-0.05, 0) is 37.6 Å². The minimum Gasteiger partial charge on any atom is -0.497 e. The van der Waals surface area contributed by atoms with Crippen LogP contribution >= 0.6 is 0 Å². The van der Waals surface area contributed by atoms with E-state index in [0.717, 1.165) is 62.4 Å². The number of rotatable bonds is 7. The minimum absolute atomic E-state index is 0.717. The van der Waals surface area contributed by atoms with Crippen LogP contribution in [-0.4, -0.2) is 69.3 Å². The average Bonchev–Trinajstić information content (AvgIpc) is 2.81. The number of aromatic nitrogens is 1. The Morgan fingerprint density at radius 1 is 1.13 bits per heavy atom. The molecule has 162 valence electrons. The van der Waals surface area contributed by atoms with Gasteiger partial charge in [-0.1, -0.05) is 12.1 Å². The fraction of sp³-hybridized carbons (Fsp3) is 0.478. The normalized spacial score (nSPS) is 14.6. The molecule has 1 saturated heterocycles. The fourth-order valence-electron chi connectivity index (χ4n) is 3.75. The Balaban J connectivity index is 1.52. The number of methoxy groups -OCH3 is 1. The Morgan fingerprint density at radius 2 is 1.90 bits per heavy atom. The highest BCUT2D eigenvalue weighted by molar-refractivity contribution is 5.80. The number of piperazine rings is 1. The van der Waals surface area contributed by atoms with Gasteiger partial charge in [0.25, 0.3) is 0 Å². The second-order valence-electron chi connectivity index (χ2n) is 7.27. The van der Waals surface area contributed by atoms with E-state index in [1.807, 2.05) is 25.4 Å². The van der Waals surface area contributed by atoms with E-state index in [9.17, 15) is 0 Å². The molecule has 0 radical (unpaired) electrons. The lowest BCUT2D eigenvalue weighted by Crippen LogP contribution is -2.52. The number of guanidine groups is 1. The molecule has 1 aromatic carbocycles. The summed E-state index contributed by atoms with van der Waals surface area (Å²) in [6.45, 7) is 10.7. The predicted octanol–water partition coefficient (Wildman–Crippen LogP) is 2.83. The smallest absolute Gasteiger partial charge is 0.194 e. The molecule has 1 N–H and O–H groups in total. The zero-order valence-electron chi connectivity index (χ0n) is 18.6. The zero-order valence-corrected chi connectivity index (χ0v) is 18.6. The van der Waals surface area contributed by atoms with Gasteiger partial charge in [-0.15, -0.1) is 0 Å². The summed E-state index contributed by atoms with van der Waals surface area (Å²) in [4.78, 5) is 16.1. The fourth-order valence-corrected chi connectivity index (χ4v) is 3.75.